The molecule has 0 aliphatic carbocycles. The Morgan fingerprint density at radius 3 is 2.55 bits per heavy atom. The summed E-state index contributed by atoms with van der Waals surface area (Å²) >= 11 is 9.79. The highest BCUT2D eigenvalue weighted by molar-refractivity contribution is 9.10. The monoisotopic (exact) mass is 353 g/mol. The van der Waals surface area contributed by atoms with E-state index in [1.165, 1.54) is 0 Å². The summed E-state index contributed by atoms with van der Waals surface area (Å²) < 4.78 is 7.10. The van der Waals surface area contributed by atoms with E-state index in [1.54, 1.807) is 0 Å². The average Bonchev–Trinajstić information content (AvgIpc) is 2.46. The number of hydrogen-bond donors (Lipinski definition) is 1. The van der Waals surface area contributed by atoms with Gasteiger partial charge in [0.05, 0.1) is 12.7 Å². The maximum Gasteiger partial charge on any atom is 0.0968 e. The van der Waals surface area contributed by atoms with E-state index in [2.05, 4.69) is 21.2 Å². The van der Waals surface area contributed by atoms with Crippen LogP contribution in [0, 0.1) is 0 Å². The molecule has 2 aromatic rings. The molecule has 1 N–H and O–H groups in total. The van der Waals surface area contributed by atoms with Gasteiger partial charge in [0.1, 0.15) is 0 Å². The second kappa shape index (κ2) is 7.79. The zero-order chi connectivity index (χ0) is 14.4. The van der Waals surface area contributed by atoms with Crippen molar-refractivity contribution >= 4 is 27.5 Å². The first-order chi connectivity index (χ1) is 9.72. The van der Waals surface area contributed by atoms with Gasteiger partial charge in [0.2, 0.25) is 0 Å². The molecule has 4 heteroatoms. The lowest BCUT2D eigenvalue weighted by Crippen LogP contribution is -2.20. The fourth-order valence-corrected chi connectivity index (χ4v) is 2.64. The molecule has 0 aliphatic heterocycles. The third-order valence-corrected chi connectivity index (χ3v) is 4.16. The third-order valence-electron chi connectivity index (χ3n) is 3.04. The highest BCUT2D eigenvalue weighted by Gasteiger charge is 2.14. The van der Waals surface area contributed by atoms with Crippen molar-refractivity contribution in [3.63, 3.8) is 0 Å². The van der Waals surface area contributed by atoms with E-state index >= 15 is 0 Å². The van der Waals surface area contributed by atoms with Crippen molar-refractivity contribution in [2.75, 3.05) is 13.6 Å². The Morgan fingerprint density at radius 2 is 1.85 bits per heavy atom. The molecular weight excluding hydrogens is 338 g/mol. The van der Waals surface area contributed by atoms with E-state index in [0.29, 0.717) is 13.2 Å². The van der Waals surface area contributed by atoms with E-state index in [-0.39, 0.29) is 6.10 Å². The first-order valence-electron chi connectivity index (χ1n) is 6.46. The van der Waals surface area contributed by atoms with Crippen LogP contribution in [-0.4, -0.2) is 13.6 Å². The first kappa shape index (κ1) is 15.5. The Labute approximate surface area is 133 Å². The van der Waals surface area contributed by atoms with E-state index in [9.17, 15) is 0 Å². The minimum Gasteiger partial charge on any atom is -0.367 e. The van der Waals surface area contributed by atoms with E-state index in [0.717, 1.165) is 20.6 Å². The van der Waals surface area contributed by atoms with Gasteiger partial charge in [0.25, 0.3) is 0 Å². The topological polar surface area (TPSA) is 21.3 Å². The summed E-state index contributed by atoms with van der Waals surface area (Å²) in [5.74, 6) is 0. The van der Waals surface area contributed by atoms with Gasteiger partial charge < -0.3 is 10.1 Å². The first-order valence-corrected chi connectivity index (χ1v) is 7.63. The van der Waals surface area contributed by atoms with Crippen molar-refractivity contribution in [3.05, 3.63) is 69.2 Å². The van der Waals surface area contributed by atoms with Gasteiger partial charge in [0.15, 0.2) is 0 Å². The predicted molar refractivity (Wildman–Crippen MR) is 87.1 cm³/mol. The van der Waals surface area contributed by atoms with Crippen LogP contribution in [0.3, 0.4) is 0 Å². The third kappa shape index (κ3) is 4.06. The second-order valence-electron chi connectivity index (χ2n) is 4.47. The summed E-state index contributed by atoms with van der Waals surface area (Å²) in [5.41, 5.74) is 2.14. The molecule has 0 fully saturated rings. The quantitative estimate of drug-likeness (QED) is 0.820. The van der Waals surface area contributed by atoms with E-state index in [1.807, 2.05) is 55.6 Å². The number of benzene rings is 2. The Kier molecular flexibility index (Phi) is 6.05. The summed E-state index contributed by atoms with van der Waals surface area (Å²) in [7, 11) is 1.91. The normalized spacial score (nSPS) is 12.3. The summed E-state index contributed by atoms with van der Waals surface area (Å²) in [5, 5.41) is 3.89. The van der Waals surface area contributed by atoms with Crippen molar-refractivity contribution in [2.24, 2.45) is 0 Å². The lowest BCUT2D eigenvalue weighted by Gasteiger charge is -2.19. The lowest BCUT2D eigenvalue weighted by molar-refractivity contribution is 0.0408. The zero-order valence-electron chi connectivity index (χ0n) is 11.3. The molecule has 0 heterocycles. The molecule has 106 valence electrons. The Morgan fingerprint density at radius 1 is 1.15 bits per heavy atom. The van der Waals surface area contributed by atoms with Gasteiger partial charge in [-0.3, -0.25) is 0 Å². The van der Waals surface area contributed by atoms with Crippen LogP contribution >= 0.6 is 27.5 Å². The Bertz CT molecular complexity index is 562. The van der Waals surface area contributed by atoms with Crippen molar-refractivity contribution in [1.82, 2.24) is 5.32 Å². The van der Waals surface area contributed by atoms with Crippen LogP contribution in [0.4, 0.5) is 0 Å². The zero-order valence-corrected chi connectivity index (χ0v) is 13.6. The van der Waals surface area contributed by atoms with Crippen LogP contribution in [0.5, 0.6) is 0 Å². The van der Waals surface area contributed by atoms with Crippen LogP contribution in [0.2, 0.25) is 5.02 Å². The van der Waals surface area contributed by atoms with Crippen LogP contribution in [-0.2, 0) is 11.3 Å². The van der Waals surface area contributed by atoms with Crippen molar-refractivity contribution in [3.8, 4) is 0 Å². The van der Waals surface area contributed by atoms with Crippen molar-refractivity contribution in [1.29, 1.82) is 0 Å². The van der Waals surface area contributed by atoms with Gasteiger partial charge in [0, 0.05) is 21.6 Å². The number of ether oxygens (including phenoxy) is 1. The lowest BCUT2D eigenvalue weighted by atomic mass is 10.1. The fourth-order valence-electron chi connectivity index (χ4n) is 1.99. The highest BCUT2D eigenvalue weighted by atomic mass is 79.9. The molecule has 2 aromatic carbocycles. The van der Waals surface area contributed by atoms with Crippen LogP contribution in [0.15, 0.2) is 53.0 Å². The minimum absolute atomic E-state index is 0.0687. The molecule has 20 heavy (non-hydrogen) atoms. The van der Waals surface area contributed by atoms with Gasteiger partial charge in [-0.1, -0.05) is 63.9 Å². The molecule has 0 saturated heterocycles. The minimum atomic E-state index is -0.0687. The number of halogens is 2. The number of nitrogens with one attached hydrogen (secondary N) is 1. The number of hydrogen-bond acceptors (Lipinski definition) is 2. The molecular formula is C16H17BrClNO. The predicted octanol–water partition coefficient (Wildman–Crippen LogP) is 4.58. The van der Waals surface area contributed by atoms with Crippen LogP contribution in [0.1, 0.15) is 17.2 Å². The molecule has 0 saturated carbocycles. The molecule has 0 spiro atoms. The smallest absolute Gasteiger partial charge is 0.0968 e. The van der Waals surface area contributed by atoms with E-state index < -0.39 is 0 Å². The molecule has 0 bridgehead atoms. The largest absolute Gasteiger partial charge is 0.367 e. The summed E-state index contributed by atoms with van der Waals surface area (Å²) in [6.07, 6.45) is -0.0687. The average molecular weight is 355 g/mol. The maximum absolute atomic E-state index is 6.25. The van der Waals surface area contributed by atoms with E-state index in [4.69, 9.17) is 16.3 Å². The summed E-state index contributed by atoms with van der Waals surface area (Å²) in [6.45, 7) is 1.26. The molecule has 0 amide bonds. The molecule has 1 atom stereocenters. The highest BCUT2D eigenvalue weighted by Crippen LogP contribution is 2.27. The van der Waals surface area contributed by atoms with Gasteiger partial charge in [-0.15, -0.1) is 0 Å². The second-order valence-corrected chi connectivity index (χ2v) is 5.73. The van der Waals surface area contributed by atoms with Crippen LogP contribution in [0.25, 0.3) is 0 Å². The van der Waals surface area contributed by atoms with Crippen molar-refractivity contribution in [2.45, 2.75) is 12.7 Å². The Balaban J connectivity index is 2.11. The number of likely N-dealkylation sites (N-methyl/N-ethyl adjacent to an activating group) is 1. The molecule has 1 unspecified atom stereocenters. The molecule has 0 aromatic heterocycles. The molecule has 2 rings (SSSR count). The maximum atomic E-state index is 6.25. The van der Waals surface area contributed by atoms with Crippen LogP contribution < -0.4 is 5.32 Å². The molecule has 0 radical (unpaired) electrons. The van der Waals surface area contributed by atoms with Gasteiger partial charge in [-0.2, -0.15) is 0 Å². The standard InChI is InChI=1S/C16H17BrClNO/c1-19-10-16(13-7-3-5-9-15(13)18)20-11-12-6-2-4-8-14(12)17/h2-9,16,19H,10-11H2,1H3. The van der Waals surface area contributed by atoms with Crippen molar-refractivity contribution < 1.29 is 4.74 Å². The molecule has 0 aliphatic rings. The van der Waals surface area contributed by atoms with Gasteiger partial charge in [-0.25, -0.2) is 0 Å². The molecule has 2 nitrogen and oxygen atoms in total. The summed E-state index contributed by atoms with van der Waals surface area (Å²) in [6, 6.07) is 15.9. The van der Waals surface area contributed by atoms with Gasteiger partial charge in [-0.05, 0) is 24.7 Å². The van der Waals surface area contributed by atoms with Gasteiger partial charge >= 0.3 is 0 Å². The summed E-state index contributed by atoms with van der Waals surface area (Å²) in [4.78, 5) is 0. The Hall–Kier alpha value is -0.870. The number of rotatable bonds is 6. The SMILES string of the molecule is CNCC(OCc1ccccc1Br)c1ccccc1Cl. The fraction of sp³-hybridized carbons (Fsp3) is 0.250.